The van der Waals surface area contributed by atoms with E-state index in [1.54, 1.807) is 12.1 Å². The number of halogens is 1. The standard InChI is InChI=1S/C8H5IN2O2/c9-4-1-5-8(7(13)2-4)6(3-12)11-10-5/h1-3,13H,(H,10,11). The van der Waals surface area contributed by atoms with E-state index in [4.69, 9.17) is 0 Å². The Hall–Kier alpha value is -1.11. The van der Waals surface area contributed by atoms with Crippen molar-refractivity contribution in [3.8, 4) is 5.75 Å². The van der Waals surface area contributed by atoms with Crippen LogP contribution in [0.3, 0.4) is 0 Å². The lowest BCUT2D eigenvalue weighted by Gasteiger charge is -1.95. The Kier molecular flexibility index (Phi) is 1.95. The van der Waals surface area contributed by atoms with Crippen LogP contribution in [0.15, 0.2) is 12.1 Å². The summed E-state index contributed by atoms with van der Waals surface area (Å²) in [5, 5.41) is 16.5. The Labute approximate surface area is 87.1 Å². The van der Waals surface area contributed by atoms with Crippen LogP contribution in [0.5, 0.6) is 5.75 Å². The molecule has 0 radical (unpaired) electrons. The van der Waals surface area contributed by atoms with Gasteiger partial charge in [0.2, 0.25) is 0 Å². The van der Waals surface area contributed by atoms with E-state index < -0.39 is 0 Å². The number of nitrogens with one attached hydrogen (secondary N) is 1. The molecule has 0 aliphatic rings. The van der Waals surface area contributed by atoms with Crippen molar-refractivity contribution in [2.24, 2.45) is 0 Å². The Morgan fingerprint density at radius 1 is 1.54 bits per heavy atom. The maximum absolute atomic E-state index is 10.5. The van der Waals surface area contributed by atoms with Crippen LogP contribution in [0, 0.1) is 3.57 Å². The third-order valence-corrected chi connectivity index (χ3v) is 2.37. The van der Waals surface area contributed by atoms with Gasteiger partial charge in [0.15, 0.2) is 6.29 Å². The number of nitrogens with zero attached hydrogens (tertiary/aromatic N) is 1. The van der Waals surface area contributed by atoms with Crippen molar-refractivity contribution < 1.29 is 9.90 Å². The number of H-pyrrole nitrogens is 1. The summed E-state index contributed by atoms with van der Waals surface area (Å²) in [5.41, 5.74) is 0.912. The van der Waals surface area contributed by atoms with Gasteiger partial charge in [-0.15, -0.1) is 0 Å². The number of phenolic OH excluding ortho intramolecular Hbond substituents is 1. The van der Waals surface area contributed by atoms with Crippen molar-refractivity contribution in [2.45, 2.75) is 0 Å². The van der Waals surface area contributed by atoms with Crippen LogP contribution >= 0.6 is 22.6 Å². The molecular weight excluding hydrogens is 283 g/mol. The number of benzene rings is 1. The summed E-state index contributed by atoms with van der Waals surface area (Å²) in [6.45, 7) is 0. The fourth-order valence-electron chi connectivity index (χ4n) is 1.20. The van der Waals surface area contributed by atoms with Crippen LogP contribution in [0.2, 0.25) is 0 Å². The fraction of sp³-hybridized carbons (Fsp3) is 0. The average Bonchev–Trinajstić information content (AvgIpc) is 2.47. The molecule has 0 spiro atoms. The minimum absolute atomic E-state index is 0.0813. The monoisotopic (exact) mass is 288 g/mol. The minimum Gasteiger partial charge on any atom is -0.507 e. The molecule has 0 aliphatic heterocycles. The van der Waals surface area contributed by atoms with Crippen molar-refractivity contribution in [2.75, 3.05) is 0 Å². The molecule has 0 aliphatic carbocycles. The Morgan fingerprint density at radius 2 is 2.31 bits per heavy atom. The molecule has 1 aromatic heterocycles. The molecule has 0 saturated heterocycles. The largest absolute Gasteiger partial charge is 0.507 e. The zero-order chi connectivity index (χ0) is 9.42. The van der Waals surface area contributed by atoms with Gasteiger partial charge in [0, 0.05) is 3.57 Å². The first-order valence-corrected chi connectivity index (χ1v) is 4.62. The first-order chi connectivity index (χ1) is 6.22. The van der Waals surface area contributed by atoms with Crippen LogP contribution in [0.4, 0.5) is 0 Å². The molecule has 0 bridgehead atoms. The van der Waals surface area contributed by atoms with Crippen molar-refractivity contribution >= 4 is 39.8 Å². The lowest BCUT2D eigenvalue weighted by atomic mass is 10.2. The number of aromatic hydroxyl groups is 1. The van der Waals surface area contributed by atoms with E-state index in [1.807, 2.05) is 0 Å². The number of aromatic amines is 1. The summed E-state index contributed by atoms with van der Waals surface area (Å²) < 4.78 is 0.881. The molecule has 0 fully saturated rings. The van der Waals surface area contributed by atoms with E-state index >= 15 is 0 Å². The number of fused-ring (bicyclic) bond motifs is 1. The second-order valence-electron chi connectivity index (χ2n) is 2.57. The normalized spacial score (nSPS) is 10.5. The maximum Gasteiger partial charge on any atom is 0.168 e. The van der Waals surface area contributed by atoms with Crippen LogP contribution in [0.25, 0.3) is 10.9 Å². The highest BCUT2D eigenvalue weighted by Gasteiger charge is 2.09. The highest BCUT2D eigenvalue weighted by atomic mass is 127. The molecule has 66 valence electrons. The van der Waals surface area contributed by atoms with Gasteiger partial charge >= 0.3 is 0 Å². The second kappa shape index (κ2) is 2.99. The molecule has 0 unspecified atom stereocenters. The number of aromatic nitrogens is 2. The third-order valence-electron chi connectivity index (χ3n) is 1.75. The minimum atomic E-state index is 0.0813. The first-order valence-electron chi connectivity index (χ1n) is 3.54. The van der Waals surface area contributed by atoms with Crippen molar-refractivity contribution in [1.29, 1.82) is 0 Å². The molecule has 1 heterocycles. The van der Waals surface area contributed by atoms with Gasteiger partial charge in [-0.2, -0.15) is 5.10 Å². The predicted molar refractivity (Wildman–Crippen MR) is 55.9 cm³/mol. The predicted octanol–water partition coefficient (Wildman–Crippen LogP) is 1.69. The van der Waals surface area contributed by atoms with Crippen LogP contribution < -0.4 is 0 Å². The quantitative estimate of drug-likeness (QED) is 0.620. The summed E-state index contributed by atoms with van der Waals surface area (Å²) in [4.78, 5) is 10.5. The Bertz CT molecular complexity index is 478. The topological polar surface area (TPSA) is 66.0 Å². The third kappa shape index (κ3) is 1.28. The van der Waals surface area contributed by atoms with Crippen LogP contribution in [-0.2, 0) is 0 Å². The molecule has 0 amide bonds. The van der Waals surface area contributed by atoms with E-state index in [-0.39, 0.29) is 5.75 Å². The zero-order valence-corrected chi connectivity index (χ0v) is 8.57. The van der Waals surface area contributed by atoms with E-state index in [1.165, 1.54) is 0 Å². The molecule has 0 atom stereocenters. The smallest absolute Gasteiger partial charge is 0.168 e. The average molecular weight is 288 g/mol. The van der Waals surface area contributed by atoms with Gasteiger partial charge < -0.3 is 5.11 Å². The highest BCUT2D eigenvalue weighted by Crippen LogP contribution is 2.27. The molecular formula is C8H5IN2O2. The lowest BCUT2D eigenvalue weighted by Crippen LogP contribution is -1.80. The van der Waals surface area contributed by atoms with Crippen LogP contribution in [0.1, 0.15) is 10.5 Å². The van der Waals surface area contributed by atoms with Gasteiger partial charge in [0.1, 0.15) is 11.4 Å². The second-order valence-corrected chi connectivity index (χ2v) is 3.82. The number of carbonyl (C=O) groups excluding carboxylic acids is 1. The molecule has 13 heavy (non-hydrogen) atoms. The summed E-state index contributed by atoms with van der Waals surface area (Å²) in [6.07, 6.45) is 0.641. The van der Waals surface area contributed by atoms with Gasteiger partial charge in [0.25, 0.3) is 0 Å². The lowest BCUT2D eigenvalue weighted by molar-refractivity contribution is 0.112. The molecule has 0 saturated carbocycles. The summed E-state index contributed by atoms with van der Waals surface area (Å²) in [7, 11) is 0. The number of hydrogen-bond donors (Lipinski definition) is 2. The molecule has 5 heteroatoms. The van der Waals surface area contributed by atoms with E-state index in [0.29, 0.717) is 22.9 Å². The summed E-state index contributed by atoms with van der Waals surface area (Å²) in [5.74, 6) is 0.0813. The number of rotatable bonds is 1. The van der Waals surface area contributed by atoms with Crippen LogP contribution in [-0.4, -0.2) is 21.6 Å². The summed E-state index contributed by atoms with van der Waals surface area (Å²) in [6, 6.07) is 3.38. The van der Waals surface area contributed by atoms with E-state index in [0.717, 1.165) is 3.57 Å². The number of carbonyl (C=O) groups is 1. The van der Waals surface area contributed by atoms with Crippen molar-refractivity contribution in [3.63, 3.8) is 0 Å². The van der Waals surface area contributed by atoms with Gasteiger partial charge in [-0.05, 0) is 34.7 Å². The van der Waals surface area contributed by atoms with E-state index in [2.05, 4.69) is 32.8 Å². The zero-order valence-electron chi connectivity index (χ0n) is 6.41. The van der Waals surface area contributed by atoms with Crippen molar-refractivity contribution in [3.05, 3.63) is 21.4 Å². The number of hydrogen-bond acceptors (Lipinski definition) is 3. The number of phenols is 1. The van der Waals surface area contributed by atoms with Gasteiger partial charge in [-0.3, -0.25) is 9.89 Å². The van der Waals surface area contributed by atoms with E-state index in [9.17, 15) is 9.90 Å². The molecule has 1 aromatic carbocycles. The summed E-state index contributed by atoms with van der Waals surface area (Å²) >= 11 is 2.07. The number of aldehydes is 1. The SMILES string of the molecule is O=Cc1[nH]nc2cc(I)cc(O)c12. The Balaban J connectivity index is 2.89. The van der Waals surface area contributed by atoms with Gasteiger partial charge in [0.05, 0.1) is 10.9 Å². The van der Waals surface area contributed by atoms with Crippen molar-refractivity contribution in [1.82, 2.24) is 10.2 Å². The maximum atomic E-state index is 10.5. The highest BCUT2D eigenvalue weighted by molar-refractivity contribution is 14.1. The van der Waals surface area contributed by atoms with Gasteiger partial charge in [-0.1, -0.05) is 0 Å². The first kappa shape index (κ1) is 8.49. The molecule has 2 aromatic rings. The Morgan fingerprint density at radius 3 is 3.00 bits per heavy atom. The van der Waals surface area contributed by atoms with Gasteiger partial charge in [-0.25, -0.2) is 0 Å². The molecule has 2 rings (SSSR count). The molecule has 4 nitrogen and oxygen atoms in total. The molecule has 2 N–H and O–H groups in total. The fourth-order valence-corrected chi connectivity index (χ4v) is 1.79.